The number of nitrogens with one attached hydrogen (secondary N) is 2. The number of nitrogens with zero attached hydrogens (tertiary/aromatic N) is 2. The van der Waals surface area contributed by atoms with Crippen LogP contribution in [-0.2, 0) is 0 Å². The number of hydrogen-bond acceptors (Lipinski definition) is 4. The van der Waals surface area contributed by atoms with E-state index in [1.54, 1.807) is 12.4 Å². The average molecular weight is 316 g/mol. The number of aliphatic hydroxyl groups excluding tert-OH is 1. The molecular formula is C19H16N4O. The molecule has 4 aromatic rings. The lowest BCUT2D eigenvalue weighted by Gasteiger charge is -2.09. The maximum absolute atomic E-state index is 8.93. The molecule has 0 aliphatic rings. The van der Waals surface area contributed by atoms with Gasteiger partial charge in [0.05, 0.1) is 12.1 Å². The van der Waals surface area contributed by atoms with Gasteiger partial charge in [-0.25, -0.2) is 9.97 Å². The van der Waals surface area contributed by atoms with Crippen LogP contribution in [0.2, 0.25) is 0 Å². The minimum atomic E-state index is 0.0190. The summed E-state index contributed by atoms with van der Waals surface area (Å²) in [5, 5.41) is 14.4. The number of fused-ring (bicyclic) bond motifs is 2. The molecule has 5 nitrogen and oxygen atoms in total. The number of aromatic nitrogens is 3. The Morgan fingerprint density at radius 1 is 1.08 bits per heavy atom. The van der Waals surface area contributed by atoms with Crippen LogP contribution in [0.25, 0.3) is 27.9 Å². The van der Waals surface area contributed by atoms with Gasteiger partial charge in [0, 0.05) is 28.2 Å². The van der Waals surface area contributed by atoms with Crippen molar-refractivity contribution in [2.24, 2.45) is 0 Å². The van der Waals surface area contributed by atoms with Gasteiger partial charge in [-0.3, -0.25) is 0 Å². The SMILES string of the molecule is OCC=Cc1ccc2ncnc(Nc3ccc4[nH]ccc4c3)c2c1. The summed E-state index contributed by atoms with van der Waals surface area (Å²) >= 11 is 0. The molecule has 2 aromatic heterocycles. The highest BCUT2D eigenvalue weighted by molar-refractivity contribution is 5.93. The maximum atomic E-state index is 8.93. The van der Waals surface area contributed by atoms with Crippen molar-refractivity contribution < 1.29 is 5.11 Å². The van der Waals surface area contributed by atoms with E-state index in [-0.39, 0.29) is 6.61 Å². The van der Waals surface area contributed by atoms with Gasteiger partial charge >= 0.3 is 0 Å². The smallest absolute Gasteiger partial charge is 0.141 e. The Bertz CT molecular complexity index is 1040. The van der Waals surface area contributed by atoms with E-state index in [9.17, 15) is 0 Å². The van der Waals surface area contributed by atoms with Gasteiger partial charge in [-0.15, -0.1) is 0 Å². The summed E-state index contributed by atoms with van der Waals surface area (Å²) in [5.74, 6) is 0.758. The summed E-state index contributed by atoms with van der Waals surface area (Å²) in [6, 6.07) is 14.1. The molecule has 2 aromatic carbocycles. The quantitative estimate of drug-likeness (QED) is 0.534. The lowest BCUT2D eigenvalue weighted by Crippen LogP contribution is -1.96. The van der Waals surface area contributed by atoms with Crippen LogP contribution in [-0.4, -0.2) is 26.7 Å². The van der Waals surface area contributed by atoms with E-state index in [4.69, 9.17) is 5.11 Å². The number of H-pyrrole nitrogens is 1. The topological polar surface area (TPSA) is 73.8 Å². The monoisotopic (exact) mass is 316 g/mol. The molecule has 0 saturated carbocycles. The summed E-state index contributed by atoms with van der Waals surface area (Å²) < 4.78 is 0. The number of aromatic amines is 1. The molecule has 0 fully saturated rings. The number of rotatable bonds is 4. The van der Waals surface area contributed by atoms with Gasteiger partial charge in [0.2, 0.25) is 0 Å². The third-order valence-electron chi connectivity index (χ3n) is 3.89. The molecule has 5 heteroatoms. The van der Waals surface area contributed by atoms with Crippen LogP contribution in [0.15, 0.2) is 61.1 Å². The van der Waals surface area contributed by atoms with Crippen LogP contribution < -0.4 is 5.32 Å². The zero-order chi connectivity index (χ0) is 16.4. The van der Waals surface area contributed by atoms with E-state index >= 15 is 0 Å². The van der Waals surface area contributed by atoms with Gasteiger partial charge < -0.3 is 15.4 Å². The minimum absolute atomic E-state index is 0.0190. The molecule has 0 amide bonds. The van der Waals surface area contributed by atoms with E-state index < -0.39 is 0 Å². The summed E-state index contributed by atoms with van der Waals surface area (Å²) in [7, 11) is 0. The fourth-order valence-corrected chi connectivity index (χ4v) is 2.73. The van der Waals surface area contributed by atoms with Crippen molar-refractivity contribution in [2.45, 2.75) is 0 Å². The van der Waals surface area contributed by atoms with Gasteiger partial charge in [-0.1, -0.05) is 18.2 Å². The van der Waals surface area contributed by atoms with E-state index in [2.05, 4.69) is 26.3 Å². The molecule has 0 aliphatic heterocycles. The molecule has 0 radical (unpaired) electrons. The normalized spacial score (nSPS) is 11.5. The molecule has 24 heavy (non-hydrogen) atoms. The fourth-order valence-electron chi connectivity index (χ4n) is 2.73. The number of anilines is 2. The highest BCUT2D eigenvalue weighted by Gasteiger charge is 2.05. The largest absolute Gasteiger partial charge is 0.392 e. The Kier molecular flexibility index (Phi) is 3.69. The first kappa shape index (κ1) is 14.4. The van der Waals surface area contributed by atoms with Crippen LogP contribution in [0.4, 0.5) is 11.5 Å². The van der Waals surface area contributed by atoms with Crippen molar-refractivity contribution in [1.82, 2.24) is 15.0 Å². The summed E-state index contributed by atoms with van der Waals surface area (Å²) in [6.45, 7) is 0.0190. The van der Waals surface area contributed by atoms with E-state index in [0.717, 1.165) is 38.9 Å². The van der Waals surface area contributed by atoms with Crippen molar-refractivity contribution in [3.05, 3.63) is 66.6 Å². The van der Waals surface area contributed by atoms with Gasteiger partial charge in [0.15, 0.2) is 0 Å². The first-order valence-electron chi connectivity index (χ1n) is 7.70. The van der Waals surface area contributed by atoms with Crippen LogP contribution in [0.1, 0.15) is 5.56 Å². The van der Waals surface area contributed by atoms with Crippen molar-refractivity contribution in [3.63, 3.8) is 0 Å². The zero-order valence-corrected chi connectivity index (χ0v) is 12.9. The molecule has 118 valence electrons. The van der Waals surface area contributed by atoms with E-state index in [0.29, 0.717) is 0 Å². The predicted octanol–water partition coefficient (Wildman–Crippen LogP) is 3.86. The van der Waals surface area contributed by atoms with E-state index in [1.165, 1.54) is 0 Å². The molecule has 0 atom stereocenters. The van der Waals surface area contributed by atoms with Gasteiger partial charge in [-0.05, 0) is 42.0 Å². The molecule has 0 spiro atoms. The number of aliphatic hydroxyl groups is 1. The lowest BCUT2D eigenvalue weighted by atomic mass is 10.1. The zero-order valence-electron chi connectivity index (χ0n) is 12.9. The van der Waals surface area contributed by atoms with E-state index in [1.807, 2.05) is 48.7 Å². The first-order chi connectivity index (χ1) is 11.8. The minimum Gasteiger partial charge on any atom is -0.392 e. The van der Waals surface area contributed by atoms with Gasteiger partial charge in [-0.2, -0.15) is 0 Å². The summed E-state index contributed by atoms with van der Waals surface area (Å²) in [4.78, 5) is 11.9. The second kappa shape index (κ2) is 6.14. The number of hydrogen-bond donors (Lipinski definition) is 3. The second-order valence-electron chi connectivity index (χ2n) is 5.49. The van der Waals surface area contributed by atoms with Gasteiger partial charge in [0.1, 0.15) is 12.1 Å². The summed E-state index contributed by atoms with van der Waals surface area (Å²) in [5.41, 5.74) is 3.94. The average Bonchev–Trinajstić information content (AvgIpc) is 3.08. The second-order valence-corrected chi connectivity index (χ2v) is 5.49. The Balaban J connectivity index is 1.75. The number of benzene rings is 2. The van der Waals surface area contributed by atoms with Crippen LogP contribution in [0, 0.1) is 0 Å². The molecule has 0 aliphatic carbocycles. The Morgan fingerprint density at radius 2 is 2.04 bits per heavy atom. The van der Waals surface area contributed by atoms with Crippen LogP contribution in [0.5, 0.6) is 0 Å². The highest BCUT2D eigenvalue weighted by Crippen LogP contribution is 2.26. The molecule has 0 unspecified atom stereocenters. The summed E-state index contributed by atoms with van der Waals surface area (Å²) in [6.07, 6.45) is 7.07. The van der Waals surface area contributed by atoms with Crippen LogP contribution >= 0.6 is 0 Å². The van der Waals surface area contributed by atoms with Crippen molar-refractivity contribution >= 4 is 39.4 Å². The third-order valence-corrected chi connectivity index (χ3v) is 3.89. The molecule has 3 N–H and O–H groups in total. The molecule has 2 heterocycles. The standard InChI is InChI=1S/C19H16N4O/c24-9-1-2-13-3-5-18-16(10-13)19(22-12-21-18)23-15-4-6-17-14(11-15)7-8-20-17/h1-8,10-12,20,24H,9H2,(H,21,22,23). The van der Waals surface area contributed by atoms with Crippen molar-refractivity contribution in [3.8, 4) is 0 Å². The Morgan fingerprint density at radius 3 is 2.96 bits per heavy atom. The van der Waals surface area contributed by atoms with Crippen LogP contribution in [0.3, 0.4) is 0 Å². The van der Waals surface area contributed by atoms with Gasteiger partial charge in [0.25, 0.3) is 0 Å². The Hall–Kier alpha value is -3.18. The van der Waals surface area contributed by atoms with Crippen molar-refractivity contribution in [2.75, 3.05) is 11.9 Å². The van der Waals surface area contributed by atoms with Crippen molar-refractivity contribution in [1.29, 1.82) is 0 Å². The Labute approximate surface area is 138 Å². The third kappa shape index (κ3) is 2.73. The highest BCUT2D eigenvalue weighted by atomic mass is 16.2. The molecular weight excluding hydrogens is 300 g/mol. The fraction of sp³-hybridized carbons (Fsp3) is 0.0526. The lowest BCUT2D eigenvalue weighted by molar-refractivity contribution is 0.343. The molecule has 0 saturated heterocycles. The molecule has 0 bridgehead atoms. The maximum Gasteiger partial charge on any atom is 0.141 e. The molecule has 4 rings (SSSR count). The first-order valence-corrected chi connectivity index (χ1v) is 7.70. The predicted molar refractivity (Wildman–Crippen MR) is 97.2 cm³/mol.